The number of carbonyl (C=O) groups is 2. The van der Waals surface area contributed by atoms with Crippen LogP contribution in [0.5, 0.6) is 5.75 Å². The van der Waals surface area contributed by atoms with Crippen LogP contribution in [-0.4, -0.2) is 36.1 Å². The minimum atomic E-state index is -1.11. The van der Waals surface area contributed by atoms with E-state index in [1.165, 1.54) is 31.5 Å². The first kappa shape index (κ1) is 20.7. The zero-order valence-electron chi connectivity index (χ0n) is 16.1. The van der Waals surface area contributed by atoms with E-state index in [2.05, 4.69) is 10.3 Å². The van der Waals surface area contributed by atoms with Crippen LogP contribution in [0, 0.1) is 17.6 Å². The summed E-state index contributed by atoms with van der Waals surface area (Å²) in [5.74, 6) is -4.39. The second-order valence-electron chi connectivity index (χ2n) is 6.91. The number of anilines is 1. The Morgan fingerprint density at radius 3 is 2.62 bits per heavy atom. The Hall–Kier alpha value is -3.07. The van der Waals surface area contributed by atoms with E-state index in [0.717, 1.165) is 6.07 Å². The molecule has 2 aromatic rings. The van der Waals surface area contributed by atoms with Crippen LogP contribution in [-0.2, 0) is 9.53 Å². The second-order valence-corrected chi connectivity index (χ2v) is 6.91. The van der Waals surface area contributed by atoms with Crippen molar-refractivity contribution in [2.45, 2.75) is 32.0 Å². The number of benzene rings is 1. The Balaban J connectivity index is 1.94. The number of carbonyl (C=O) groups excluding carboxylic acids is 2. The topological polar surface area (TPSA) is 104 Å². The van der Waals surface area contributed by atoms with Gasteiger partial charge in [-0.05, 0) is 31.0 Å². The molecule has 9 heteroatoms. The van der Waals surface area contributed by atoms with Gasteiger partial charge in [0, 0.05) is 23.4 Å². The van der Waals surface area contributed by atoms with Gasteiger partial charge in [0.25, 0.3) is 11.8 Å². The number of hydrogen-bond acceptors (Lipinski definition) is 5. The maximum atomic E-state index is 14.2. The van der Waals surface area contributed by atoms with Crippen molar-refractivity contribution in [2.24, 2.45) is 11.7 Å². The highest BCUT2D eigenvalue weighted by Gasteiger charge is 2.46. The number of ether oxygens (including phenoxy) is 2. The number of nitrogens with zero attached hydrogens (tertiary/aromatic N) is 1. The molecule has 0 spiro atoms. The predicted octanol–water partition coefficient (Wildman–Crippen LogP) is 2.61. The van der Waals surface area contributed by atoms with Gasteiger partial charge in [-0.1, -0.05) is 13.0 Å². The number of nitrogens with two attached hydrogens (primary N) is 1. The lowest BCUT2D eigenvalue weighted by atomic mass is 9.82. The highest BCUT2D eigenvalue weighted by atomic mass is 19.2. The smallest absolute Gasteiger partial charge is 0.267 e. The molecule has 1 saturated heterocycles. The van der Waals surface area contributed by atoms with Crippen LogP contribution in [0.4, 0.5) is 14.5 Å². The van der Waals surface area contributed by atoms with E-state index in [1.807, 2.05) is 6.92 Å². The van der Waals surface area contributed by atoms with E-state index in [4.69, 9.17) is 15.2 Å². The molecule has 2 heterocycles. The summed E-state index contributed by atoms with van der Waals surface area (Å²) in [4.78, 5) is 28.1. The first-order valence-corrected chi connectivity index (χ1v) is 8.98. The van der Waals surface area contributed by atoms with Gasteiger partial charge >= 0.3 is 0 Å². The fraction of sp³-hybridized carbons (Fsp3) is 0.350. The molecular formula is C20H21F2N3O4. The Morgan fingerprint density at radius 1 is 1.24 bits per heavy atom. The lowest BCUT2D eigenvalue weighted by Gasteiger charge is -2.23. The zero-order valence-corrected chi connectivity index (χ0v) is 16.1. The predicted molar refractivity (Wildman–Crippen MR) is 101 cm³/mol. The lowest BCUT2D eigenvalue weighted by Crippen LogP contribution is -2.33. The molecule has 0 aliphatic carbocycles. The summed E-state index contributed by atoms with van der Waals surface area (Å²) < 4.78 is 38.8. The molecule has 2 amide bonds. The lowest BCUT2D eigenvalue weighted by molar-refractivity contribution is -0.127. The van der Waals surface area contributed by atoms with Gasteiger partial charge in [0.05, 0.1) is 13.2 Å². The summed E-state index contributed by atoms with van der Waals surface area (Å²) in [6, 6.07) is 5.24. The fourth-order valence-electron chi connectivity index (χ4n) is 3.55. The van der Waals surface area contributed by atoms with Crippen LogP contribution < -0.4 is 15.8 Å². The summed E-state index contributed by atoms with van der Waals surface area (Å²) in [5.41, 5.74) is 5.86. The van der Waals surface area contributed by atoms with Gasteiger partial charge in [-0.25, -0.2) is 4.39 Å². The SMILES string of the molecule is COc1c([C@@H]2[C@H](C)[C@H](C)O[C@@H]2C(=O)Nc2ccnc(C(N)=O)c2)ccc(F)c1F. The monoisotopic (exact) mass is 405 g/mol. The molecule has 0 saturated carbocycles. The number of methoxy groups -OCH3 is 1. The Morgan fingerprint density at radius 2 is 1.97 bits per heavy atom. The standard InChI is InChI=1S/C20H21F2N3O4/c1-9-10(2)29-18(15(9)12-4-5-13(21)16(22)17(12)28-3)20(27)25-11-6-7-24-14(8-11)19(23)26/h4-10,15,18H,1-3H3,(H2,23,26)(H,24,25,27)/t9-,10+,15+,18+/m1/s1. The largest absolute Gasteiger partial charge is 0.493 e. The molecule has 0 bridgehead atoms. The number of aromatic nitrogens is 1. The second kappa shape index (κ2) is 8.12. The number of primary amides is 1. The minimum Gasteiger partial charge on any atom is -0.493 e. The number of halogens is 2. The van der Waals surface area contributed by atoms with E-state index >= 15 is 0 Å². The Labute approximate surface area is 166 Å². The molecule has 29 heavy (non-hydrogen) atoms. The zero-order chi connectivity index (χ0) is 21.3. The van der Waals surface area contributed by atoms with Gasteiger partial charge in [-0.3, -0.25) is 14.6 Å². The summed E-state index contributed by atoms with van der Waals surface area (Å²) in [7, 11) is 1.24. The molecule has 4 atom stereocenters. The van der Waals surface area contributed by atoms with Gasteiger partial charge in [0.1, 0.15) is 11.8 Å². The molecule has 3 rings (SSSR count). The molecule has 1 aliphatic heterocycles. The first-order valence-electron chi connectivity index (χ1n) is 8.98. The van der Waals surface area contributed by atoms with E-state index in [0.29, 0.717) is 11.3 Å². The maximum absolute atomic E-state index is 14.2. The molecule has 7 nitrogen and oxygen atoms in total. The molecular weight excluding hydrogens is 384 g/mol. The normalized spacial score (nSPS) is 23.6. The molecule has 0 unspecified atom stereocenters. The molecule has 154 valence electrons. The van der Waals surface area contributed by atoms with Crippen molar-refractivity contribution in [3.05, 3.63) is 53.4 Å². The molecule has 1 fully saturated rings. The van der Waals surface area contributed by atoms with Crippen molar-refractivity contribution in [3.8, 4) is 5.75 Å². The third-order valence-corrected chi connectivity index (χ3v) is 5.18. The van der Waals surface area contributed by atoms with E-state index in [-0.39, 0.29) is 23.5 Å². The van der Waals surface area contributed by atoms with Crippen molar-refractivity contribution in [3.63, 3.8) is 0 Å². The third kappa shape index (κ3) is 3.91. The molecule has 1 aliphatic rings. The number of rotatable bonds is 5. The van der Waals surface area contributed by atoms with E-state index < -0.39 is 35.5 Å². The summed E-state index contributed by atoms with van der Waals surface area (Å²) in [6.07, 6.45) is 0.0444. The van der Waals surface area contributed by atoms with E-state index in [1.54, 1.807) is 6.92 Å². The van der Waals surface area contributed by atoms with Crippen LogP contribution in [0.3, 0.4) is 0 Å². The van der Waals surface area contributed by atoms with Crippen LogP contribution in [0.2, 0.25) is 0 Å². The first-order chi connectivity index (χ1) is 13.7. The van der Waals surface area contributed by atoms with Crippen molar-refractivity contribution >= 4 is 17.5 Å². The van der Waals surface area contributed by atoms with Crippen LogP contribution >= 0.6 is 0 Å². The number of hydrogen-bond donors (Lipinski definition) is 2. The fourth-order valence-corrected chi connectivity index (χ4v) is 3.55. The molecule has 1 aromatic heterocycles. The van der Waals surface area contributed by atoms with E-state index in [9.17, 15) is 18.4 Å². The summed E-state index contributed by atoms with van der Waals surface area (Å²) in [6.45, 7) is 3.66. The van der Waals surface area contributed by atoms with Crippen molar-refractivity contribution in [1.82, 2.24) is 4.98 Å². The average Bonchev–Trinajstić information content (AvgIpc) is 2.99. The molecule has 3 N–H and O–H groups in total. The average molecular weight is 405 g/mol. The van der Waals surface area contributed by atoms with Gasteiger partial charge in [0.15, 0.2) is 11.6 Å². The quantitative estimate of drug-likeness (QED) is 0.796. The highest BCUT2D eigenvalue weighted by molar-refractivity contribution is 5.97. The molecule has 0 radical (unpaired) electrons. The van der Waals surface area contributed by atoms with Gasteiger partial charge in [0.2, 0.25) is 5.82 Å². The summed E-state index contributed by atoms with van der Waals surface area (Å²) >= 11 is 0. The Kier molecular flexibility index (Phi) is 5.78. The van der Waals surface area contributed by atoms with Crippen molar-refractivity contribution in [2.75, 3.05) is 12.4 Å². The van der Waals surface area contributed by atoms with Gasteiger partial charge in [-0.15, -0.1) is 0 Å². The Bertz CT molecular complexity index is 953. The number of amides is 2. The third-order valence-electron chi connectivity index (χ3n) is 5.18. The van der Waals surface area contributed by atoms with Crippen LogP contribution in [0.25, 0.3) is 0 Å². The van der Waals surface area contributed by atoms with Crippen LogP contribution in [0.15, 0.2) is 30.5 Å². The summed E-state index contributed by atoms with van der Waals surface area (Å²) in [5, 5.41) is 2.66. The van der Waals surface area contributed by atoms with Crippen LogP contribution in [0.1, 0.15) is 35.8 Å². The molecule has 1 aromatic carbocycles. The van der Waals surface area contributed by atoms with Gasteiger partial charge in [-0.2, -0.15) is 4.39 Å². The highest BCUT2D eigenvalue weighted by Crippen LogP contribution is 2.44. The van der Waals surface area contributed by atoms with Crippen molar-refractivity contribution in [1.29, 1.82) is 0 Å². The minimum absolute atomic E-state index is 0.00398. The van der Waals surface area contributed by atoms with Gasteiger partial charge < -0.3 is 20.5 Å². The number of nitrogens with one attached hydrogen (secondary N) is 1. The number of pyridine rings is 1. The van der Waals surface area contributed by atoms with Crippen molar-refractivity contribution < 1.29 is 27.8 Å². The maximum Gasteiger partial charge on any atom is 0.267 e.